The van der Waals surface area contributed by atoms with Crippen LogP contribution in [0.1, 0.15) is 11.1 Å². The van der Waals surface area contributed by atoms with Crippen LogP contribution in [-0.2, 0) is 6.54 Å². The molecule has 0 bridgehead atoms. The first-order valence-electron chi connectivity index (χ1n) is 6.30. The van der Waals surface area contributed by atoms with E-state index in [0.717, 1.165) is 23.3 Å². The molecule has 20 heavy (non-hydrogen) atoms. The van der Waals surface area contributed by atoms with E-state index in [1.54, 1.807) is 11.3 Å². The Labute approximate surface area is 121 Å². The molecule has 0 aliphatic carbocycles. The number of nitrogens with zero attached hydrogens (tertiary/aromatic N) is 3. The molecule has 3 aromatic rings. The number of benzene rings is 1. The van der Waals surface area contributed by atoms with Gasteiger partial charge >= 0.3 is 0 Å². The molecule has 0 amide bonds. The monoisotopic (exact) mass is 279 g/mol. The van der Waals surface area contributed by atoms with Gasteiger partial charge in [0.15, 0.2) is 0 Å². The van der Waals surface area contributed by atoms with Crippen molar-refractivity contribution in [1.29, 1.82) is 5.26 Å². The van der Waals surface area contributed by atoms with Crippen LogP contribution in [0.2, 0.25) is 0 Å². The van der Waals surface area contributed by atoms with Gasteiger partial charge < -0.3 is 4.90 Å². The molecular weight excluding hydrogens is 266 g/mol. The molecule has 0 saturated heterocycles. The van der Waals surface area contributed by atoms with Gasteiger partial charge in [-0.05, 0) is 34.5 Å². The highest BCUT2D eigenvalue weighted by atomic mass is 32.1. The Balaban J connectivity index is 2.03. The topological polar surface area (TPSA) is 39.9 Å². The lowest BCUT2D eigenvalue weighted by Crippen LogP contribution is -2.18. The standard InChI is InChI=1S/C16H13N3S/c1-19(10-12-6-7-20-11-12)16-14(9-17)8-13-4-2-3-5-15(13)18-16/h2-8,11H,10H2,1H3. The van der Waals surface area contributed by atoms with Gasteiger partial charge in [0.2, 0.25) is 0 Å². The van der Waals surface area contributed by atoms with Crippen LogP contribution in [0.3, 0.4) is 0 Å². The SMILES string of the molecule is CN(Cc1ccsc1)c1nc2ccccc2cc1C#N. The van der Waals surface area contributed by atoms with Crippen LogP contribution in [0.25, 0.3) is 10.9 Å². The highest BCUT2D eigenvalue weighted by Gasteiger charge is 2.11. The van der Waals surface area contributed by atoms with Gasteiger partial charge in [0, 0.05) is 19.0 Å². The van der Waals surface area contributed by atoms with Gasteiger partial charge in [-0.1, -0.05) is 18.2 Å². The molecule has 2 aromatic heterocycles. The summed E-state index contributed by atoms with van der Waals surface area (Å²) >= 11 is 1.68. The maximum Gasteiger partial charge on any atom is 0.147 e. The van der Waals surface area contributed by atoms with Crippen molar-refractivity contribution in [2.75, 3.05) is 11.9 Å². The average Bonchev–Trinajstić information content (AvgIpc) is 2.98. The fourth-order valence-corrected chi connectivity index (χ4v) is 2.87. The second kappa shape index (κ2) is 5.32. The van der Waals surface area contributed by atoms with Crippen LogP contribution in [0, 0.1) is 11.3 Å². The summed E-state index contributed by atoms with van der Waals surface area (Å²) in [5.41, 5.74) is 2.76. The molecule has 98 valence electrons. The van der Waals surface area contributed by atoms with Crippen molar-refractivity contribution in [3.63, 3.8) is 0 Å². The highest BCUT2D eigenvalue weighted by Crippen LogP contribution is 2.23. The van der Waals surface area contributed by atoms with Crippen molar-refractivity contribution >= 4 is 28.1 Å². The summed E-state index contributed by atoms with van der Waals surface area (Å²) in [4.78, 5) is 6.65. The fraction of sp³-hybridized carbons (Fsp3) is 0.125. The lowest BCUT2D eigenvalue weighted by Gasteiger charge is -2.19. The zero-order valence-electron chi connectivity index (χ0n) is 11.1. The Hall–Kier alpha value is -2.38. The average molecular weight is 279 g/mol. The molecule has 0 unspecified atom stereocenters. The zero-order valence-corrected chi connectivity index (χ0v) is 11.9. The Morgan fingerprint density at radius 2 is 2.15 bits per heavy atom. The lowest BCUT2D eigenvalue weighted by molar-refractivity contribution is 0.904. The van der Waals surface area contributed by atoms with Crippen molar-refractivity contribution in [3.05, 3.63) is 58.3 Å². The number of aromatic nitrogens is 1. The van der Waals surface area contributed by atoms with Gasteiger partial charge in [-0.2, -0.15) is 16.6 Å². The summed E-state index contributed by atoms with van der Waals surface area (Å²) in [7, 11) is 1.97. The first-order valence-corrected chi connectivity index (χ1v) is 7.24. The second-order valence-electron chi connectivity index (χ2n) is 4.65. The van der Waals surface area contributed by atoms with Crippen LogP contribution in [0.5, 0.6) is 0 Å². The van der Waals surface area contributed by atoms with E-state index >= 15 is 0 Å². The summed E-state index contributed by atoms with van der Waals surface area (Å²) < 4.78 is 0. The van der Waals surface area contributed by atoms with Gasteiger partial charge in [-0.15, -0.1) is 0 Å². The molecule has 0 atom stereocenters. The molecular formula is C16H13N3S. The normalized spacial score (nSPS) is 10.4. The third-order valence-electron chi connectivity index (χ3n) is 3.19. The Bertz CT molecular complexity index is 772. The molecule has 3 nitrogen and oxygen atoms in total. The number of nitriles is 1. The minimum absolute atomic E-state index is 0.612. The maximum atomic E-state index is 9.34. The van der Waals surface area contributed by atoms with Gasteiger partial charge in [0.25, 0.3) is 0 Å². The number of fused-ring (bicyclic) bond motifs is 1. The summed E-state index contributed by atoms with van der Waals surface area (Å²) in [6.07, 6.45) is 0. The highest BCUT2D eigenvalue weighted by molar-refractivity contribution is 7.07. The number of anilines is 1. The number of para-hydroxylation sites is 1. The Morgan fingerprint density at radius 3 is 2.90 bits per heavy atom. The molecule has 2 heterocycles. The molecule has 0 fully saturated rings. The predicted octanol–water partition coefficient (Wildman–Crippen LogP) is 3.80. The van der Waals surface area contributed by atoms with Crippen LogP contribution in [-0.4, -0.2) is 12.0 Å². The largest absolute Gasteiger partial charge is 0.354 e. The van der Waals surface area contributed by atoms with Crippen LogP contribution in [0.15, 0.2) is 47.2 Å². The van der Waals surface area contributed by atoms with Gasteiger partial charge in [-0.3, -0.25) is 0 Å². The van der Waals surface area contributed by atoms with Gasteiger partial charge in [-0.25, -0.2) is 4.98 Å². The van der Waals surface area contributed by atoms with E-state index < -0.39 is 0 Å². The number of pyridine rings is 1. The summed E-state index contributed by atoms with van der Waals surface area (Å²) in [6, 6.07) is 14.1. The first-order chi connectivity index (χ1) is 9.78. The Kier molecular flexibility index (Phi) is 3.36. The summed E-state index contributed by atoms with van der Waals surface area (Å²) in [5, 5.41) is 14.5. The van der Waals surface area contributed by atoms with Gasteiger partial charge in [0.1, 0.15) is 11.9 Å². The first kappa shape index (κ1) is 12.6. The molecule has 0 aliphatic heterocycles. The zero-order chi connectivity index (χ0) is 13.9. The number of hydrogen-bond acceptors (Lipinski definition) is 4. The minimum atomic E-state index is 0.612. The van der Waals surface area contributed by atoms with Crippen molar-refractivity contribution in [2.45, 2.75) is 6.54 Å². The van der Waals surface area contributed by atoms with Gasteiger partial charge in [0.05, 0.1) is 11.1 Å². The maximum absolute atomic E-state index is 9.34. The quantitative estimate of drug-likeness (QED) is 0.732. The Morgan fingerprint density at radius 1 is 1.30 bits per heavy atom. The second-order valence-corrected chi connectivity index (χ2v) is 5.43. The van der Waals surface area contributed by atoms with E-state index in [1.807, 2.05) is 42.3 Å². The van der Waals surface area contributed by atoms with Crippen molar-refractivity contribution in [2.24, 2.45) is 0 Å². The third kappa shape index (κ3) is 2.36. The number of rotatable bonds is 3. The lowest BCUT2D eigenvalue weighted by atomic mass is 10.1. The molecule has 3 rings (SSSR count). The minimum Gasteiger partial charge on any atom is -0.354 e. The van der Waals surface area contributed by atoms with E-state index in [4.69, 9.17) is 0 Å². The molecule has 4 heteroatoms. The van der Waals surface area contributed by atoms with E-state index in [2.05, 4.69) is 27.9 Å². The smallest absolute Gasteiger partial charge is 0.147 e. The fourth-order valence-electron chi connectivity index (χ4n) is 2.21. The molecule has 0 N–H and O–H groups in total. The summed E-state index contributed by atoms with van der Waals surface area (Å²) in [6.45, 7) is 0.753. The van der Waals surface area contributed by atoms with Crippen molar-refractivity contribution < 1.29 is 0 Å². The van der Waals surface area contributed by atoms with Crippen LogP contribution in [0.4, 0.5) is 5.82 Å². The molecule has 1 aromatic carbocycles. The predicted molar refractivity (Wildman–Crippen MR) is 82.9 cm³/mol. The number of thiophene rings is 1. The van der Waals surface area contributed by atoms with E-state index in [1.165, 1.54) is 5.56 Å². The molecule has 0 aliphatic rings. The van der Waals surface area contributed by atoms with E-state index in [9.17, 15) is 5.26 Å². The van der Waals surface area contributed by atoms with Crippen molar-refractivity contribution in [1.82, 2.24) is 4.98 Å². The van der Waals surface area contributed by atoms with E-state index in [0.29, 0.717) is 5.56 Å². The van der Waals surface area contributed by atoms with Crippen molar-refractivity contribution in [3.8, 4) is 6.07 Å². The molecule has 0 saturated carbocycles. The number of hydrogen-bond donors (Lipinski definition) is 0. The van der Waals surface area contributed by atoms with Crippen LogP contribution < -0.4 is 4.90 Å². The molecule has 0 radical (unpaired) electrons. The summed E-state index contributed by atoms with van der Waals surface area (Å²) in [5.74, 6) is 0.734. The van der Waals surface area contributed by atoms with Crippen LogP contribution >= 0.6 is 11.3 Å². The molecule has 0 spiro atoms. The third-order valence-corrected chi connectivity index (χ3v) is 3.92. The van der Waals surface area contributed by atoms with E-state index in [-0.39, 0.29) is 0 Å².